The van der Waals surface area contributed by atoms with Crippen LogP contribution in [0.2, 0.25) is 0 Å². The van der Waals surface area contributed by atoms with Crippen molar-refractivity contribution in [1.29, 1.82) is 0 Å². The first kappa shape index (κ1) is 18.2. The van der Waals surface area contributed by atoms with Gasteiger partial charge in [0.2, 0.25) is 0 Å². The smallest absolute Gasteiger partial charge is 0.317 e. The van der Waals surface area contributed by atoms with E-state index in [1.54, 1.807) is 0 Å². The van der Waals surface area contributed by atoms with Gasteiger partial charge in [-0.3, -0.25) is 4.90 Å². The summed E-state index contributed by atoms with van der Waals surface area (Å²) in [5, 5.41) is 3.17. The second-order valence-electron chi connectivity index (χ2n) is 8.15. The van der Waals surface area contributed by atoms with Crippen molar-refractivity contribution in [2.24, 2.45) is 5.41 Å². The number of piperazine rings is 1. The standard InChI is InChI=1S/C20H32N4O/c1-17-6-4-5-7-18(17)14-23-10-12-24(13-11-23)19(25)21-15-20(2)8-9-22(3)16-20/h4-7H,8-16H2,1-3H3,(H,21,25)/t20-/m0/s1. The minimum atomic E-state index is 0.103. The lowest BCUT2D eigenvalue weighted by Gasteiger charge is -2.35. The average Bonchev–Trinajstić information content (AvgIpc) is 2.95. The number of amides is 2. The zero-order valence-corrected chi connectivity index (χ0v) is 15.9. The summed E-state index contributed by atoms with van der Waals surface area (Å²) in [4.78, 5) is 19.2. The molecular weight excluding hydrogens is 312 g/mol. The summed E-state index contributed by atoms with van der Waals surface area (Å²) in [7, 11) is 2.15. The fourth-order valence-electron chi connectivity index (χ4n) is 3.95. The monoisotopic (exact) mass is 344 g/mol. The molecule has 5 nitrogen and oxygen atoms in total. The number of hydrogen-bond acceptors (Lipinski definition) is 3. The number of carbonyl (C=O) groups excluding carboxylic acids is 1. The van der Waals surface area contributed by atoms with Gasteiger partial charge in [-0.15, -0.1) is 0 Å². The van der Waals surface area contributed by atoms with Crippen LogP contribution in [0.15, 0.2) is 24.3 Å². The molecule has 0 spiro atoms. The van der Waals surface area contributed by atoms with Crippen molar-refractivity contribution < 1.29 is 4.79 Å². The van der Waals surface area contributed by atoms with Crippen molar-refractivity contribution >= 4 is 6.03 Å². The second kappa shape index (κ2) is 7.75. The second-order valence-corrected chi connectivity index (χ2v) is 8.15. The Bertz CT molecular complexity index is 597. The summed E-state index contributed by atoms with van der Waals surface area (Å²) in [6.07, 6.45) is 1.16. The first-order chi connectivity index (χ1) is 12.0. The largest absolute Gasteiger partial charge is 0.337 e. The van der Waals surface area contributed by atoms with Crippen molar-refractivity contribution in [1.82, 2.24) is 20.0 Å². The molecule has 2 heterocycles. The highest BCUT2D eigenvalue weighted by molar-refractivity contribution is 5.74. The van der Waals surface area contributed by atoms with Gasteiger partial charge in [0.1, 0.15) is 0 Å². The van der Waals surface area contributed by atoms with Crippen molar-refractivity contribution in [3.8, 4) is 0 Å². The van der Waals surface area contributed by atoms with Gasteiger partial charge in [0.05, 0.1) is 0 Å². The van der Waals surface area contributed by atoms with Gasteiger partial charge in [-0.2, -0.15) is 0 Å². The molecule has 0 saturated carbocycles. The molecule has 5 heteroatoms. The Morgan fingerprint density at radius 1 is 1.16 bits per heavy atom. The number of likely N-dealkylation sites (tertiary alicyclic amines) is 1. The normalized spacial score (nSPS) is 25.3. The summed E-state index contributed by atoms with van der Waals surface area (Å²) in [6, 6.07) is 8.66. The molecule has 3 rings (SSSR count). The van der Waals surface area contributed by atoms with Crippen LogP contribution >= 0.6 is 0 Å². The van der Waals surface area contributed by atoms with E-state index in [0.717, 1.165) is 58.8 Å². The summed E-state index contributed by atoms with van der Waals surface area (Å²) in [5.41, 5.74) is 2.95. The van der Waals surface area contributed by atoms with Crippen LogP contribution < -0.4 is 5.32 Å². The van der Waals surface area contributed by atoms with E-state index in [1.807, 2.05) is 4.90 Å². The van der Waals surface area contributed by atoms with E-state index in [1.165, 1.54) is 11.1 Å². The lowest BCUT2D eigenvalue weighted by molar-refractivity contribution is 0.132. The molecule has 0 aliphatic carbocycles. The third-order valence-electron chi connectivity index (χ3n) is 5.73. The summed E-state index contributed by atoms with van der Waals surface area (Å²) in [5.74, 6) is 0. The Balaban J connectivity index is 1.42. The first-order valence-electron chi connectivity index (χ1n) is 9.43. The number of urea groups is 1. The van der Waals surface area contributed by atoms with Crippen LogP contribution in [-0.4, -0.2) is 73.6 Å². The quantitative estimate of drug-likeness (QED) is 0.910. The Hall–Kier alpha value is -1.59. The molecule has 2 aliphatic heterocycles. The predicted octanol–water partition coefficient (Wildman–Crippen LogP) is 2.16. The first-order valence-corrected chi connectivity index (χ1v) is 9.43. The Morgan fingerprint density at radius 3 is 2.52 bits per heavy atom. The molecule has 0 unspecified atom stereocenters. The molecule has 0 radical (unpaired) electrons. The van der Waals surface area contributed by atoms with Gasteiger partial charge in [-0.1, -0.05) is 31.2 Å². The summed E-state index contributed by atoms with van der Waals surface area (Å²) < 4.78 is 0. The molecule has 2 saturated heterocycles. The van der Waals surface area contributed by atoms with Gasteiger partial charge in [0.15, 0.2) is 0 Å². The maximum Gasteiger partial charge on any atom is 0.317 e. The lowest BCUT2D eigenvalue weighted by atomic mass is 9.90. The van der Waals surface area contributed by atoms with E-state index in [-0.39, 0.29) is 11.4 Å². The Labute approximate surface area is 152 Å². The summed E-state index contributed by atoms with van der Waals surface area (Å²) >= 11 is 0. The van der Waals surface area contributed by atoms with Crippen molar-refractivity contribution in [3.63, 3.8) is 0 Å². The van der Waals surface area contributed by atoms with E-state index >= 15 is 0 Å². The molecular formula is C20H32N4O. The number of nitrogens with one attached hydrogen (secondary N) is 1. The van der Waals surface area contributed by atoms with Gasteiger partial charge in [-0.25, -0.2) is 4.79 Å². The third kappa shape index (κ3) is 4.73. The molecule has 25 heavy (non-hydrogen) atoms. The molecule has 1 aromatic rings. The Kier molecular flexibility index (Phi) is 5.64. The number of rotatable bonds is 4. The minimum absolute atomic E-state index is 0.103. The van der Waals surface area contributed by atoms with Crippen molar-refractivity contribution in [2.45, 2.75) is 26.8 Å². The molecule has 0 bridgehead atoms. The SMILES string of the molecule is Cc1ccccc1CN1CCN(C(=O)NC[C@]2(C)CCN(C)C2)CC1. The van der Waals surface area contributed by atoms with Crippen molar-refractivity contribution in [2.75, 3.05) is 52.9 Å². The number of benzene rings is 1. The lowest BCUT2D eigenvalue weighted by Crippen LogP contribution is -2.52. The molecule has 1 N–H and O–H groups in total. The number of nitrogens with zero attached hydrogens (tertiary/aromatic N) is 3. The van der Waals surface area contributed by atoms with E-state index in [4.69, 9.17) is 0 Å². The summed E-state index contributed by atoms with van der Waals surface area (Å²) in [6.45, 7) is 11.9. The third-order valence-corrected chi connectivity index (χ3v) is 5.73. The van der Waals surface area contributed by atoms with Gasteiger partial charge in [0, 0.05) is 45.8 Å². The van der Waals surface area contributed by atoms with Crippen molar-refractivity contribution in [3.05, 3.63) is 35.4 Å². The Morgan fingerprint density at radius 2 is 1.88 bits per heavy atom. The van der Waals surface area contributed by atoms with Crippen LogP contribution in [0.4, 0.5) is 4.79 Å². The molecule has 2 amide bonds. The van der Waals surface area contributed by atoms with Gasteiger partial charge < -0.3 is 15.1 Å². The molecule has 0 aromatic heterocycles. The van der Waals surface area contributed by atoms with Crippen LogP contribution in [0.3, 0.4) is 0 Å². The number of aryl methyl sites for hydroxylation is 1. The number of carbonyl (C=O) groups is 1. The number of hydrogen-bond donors (Lipinski definition) is 1. The minimum Gasteiger partial charge on any atom is -0.337 e. The molecule has 2 fully saturated rings. The maximum atomic E-state index is 12.5. The zero-order valence-electron chi connectivity index (χ0n) is 15.9. The predicted molar refractivity (Wildman–Crippen MR) is 102 cm³/mol. The van der Waals surface area contributed by atoms with Gasteiger partial charge >= 0.3 is 6.03 Å². The molecule has 1 atom stereocenters. The van der Waals surface area contributed by atoms with Crippen LogP contribution in [-0.2, 0) is 6.54 Å². The topological polar surface area (TPSA) is 38.8 Å². The molecule has 1 aromatic carbocycles. The van der Waals surface area contributed by atoms with E-state index in [2.05, 4.69) is 60.3 Å². The molecule has 138 valence electrons. The van der Waals surface area contributed by atoms with E-state index in [9.17, 15) is 4.79 Å². The highest BCUT2D eigenvalue weighted by Gasteiger charge is 2.33. The average molecular weight is 345 g/mol. The zero-order chi connectivity index (χ0) is 17.9. The fraction of sp³-hybridized carbons (Fsp3) is 0.650. The highest BCUT2D eigenvalue weighted by atomic mass is 16.2. The van der Waals surface area contributed by atoms with Crippen LogP contribution in [0.25, 0.3) is 0 Å². The van der Waals surface area contributed by atoms with E-state index < -0.39 is 0 Å². The fourth-order valence-corrected chi connectivity index (χ4v) is 3.95. The highest BCUT2D eigenvalue weighted by Crippen LogP contribution is 2.27. The van der Waals surface area contributed by atoms with Crippen LogP contribution in [0.1, 0.15) is 24.5 Å². The van der Waals surface area contributed by atoms with Crippen LogP contribution in [0.5, 0.6) is 0 Å². The van der Waals surface area contributed by atoms with Crippen LogP contribution in [0, 0.1) is 12.3 Å². The maximum absolute atomic E-state index is 12.5. The van der Waals surface area contributed by atoms with E-state index in [0.29, 0.717) is 0 Å². The molecule has 2 aliphatic rings. The van der Waals surface area contributed by atoms with Gasteiger partial charge in [-0.05, 0) is 43.5 Å². The van der Waals surface area contributed by atoms with Gasteiger partial charge in [0.25, 0.3) is 0 Å².